The number of guanidine groups is 1. The molecule has 0 aliphatic carbocycles. The fourth-order valence-electron chi connectivity index (χ4n) is 2.95. The molecule has 1 aromatic carbocycles. The third-order valence-corrected chi connectivity index (χ3v) is 4.52. The van der Waals surface area contributed by atoms with Crippen molar-refractivity contribution < 1.29 is 0 Å². The van der Waals surface area contributed by atoms with Crippen molar-refractivity contribution in [2.45, 2.75) is 26.9 Å². The van der Waals surface area contributed by atoms with E-state index in [1.54, 1.807) is 0 Å². The van der Waals surface area contributed by atoms with Gasteiger partial charge in [-0.2, -0.15) is 0 Å². The van der Waals surface area contributed by atoms with E-state index in [2.05, 4.69) is 70.1 Å². The Labute approximate surface area is 152 Å². The molecule has 1 fully saturated rings. The van der Waals surface area contributed by atoms with Crippen molar-refractivity contribution >= 4 is 5.96 Å². The molecule has 1 saturated heterocycles. The summed E-state index contributed by atoms with van der Waals surface area (Å²) in [5.74, 6) is 0.834. The minimum Gasteiger partial charge on any atom is -0.357 e. The number of aliphatic imine (C=N–C) groups is 1. The Hall–Kier alpha value is -1.85. The molecule has 0 atom stereocenters. The molecule has 1 aliphatic heterocycles. The largest absolute Gasteiger partial charge is 0.357 e. The van der Waals surface area contributed by atoms with Crippen LogP contribution in [0.1, 0.15) is 25.0 Å². The minimum absolute atomic E-state index is 0.682. The first-order valence-corrected chi connectivity index (χ1v) is 9.40. The number of hydrogen-bond donors (Lipinski definition) is 2. The second-order valence-electron chi connectivity index (χ2n) is 6.39. The third kappa shape index (κ3) is 6.88. The van der Waals surface area contributed by atoms with Gasteiger partial charge in [0.15, 0.2) is 5.96 Å². The van der Waals surface area contributed by atoms with Crippen molar-refractivity contribution in [1.29, 1.82) is 0 Å². The maximum atomic E-state index is 4.62. The summed E-state index contributed by atoms with van der Waals surface area (Å²) in [6.45, 7) is 17.2. The summed E-state index contributed by atoms with van der Waals surface area (Å²) in [4.78, 5) is 9.67. The summed E-state index contributed by atoms with van der Waals surface area (Å²) >= 11 is 0. The van der Waals surface area contributed by atoms with Crippen LogP contribution in [0.5, 0.6) is 0 Å². The molecule has 25 heavy (non-hydrogen) atoms. The van der Waals surface area contributed by atoms with E-state index in [0.717, 1.165) is 25.6 Å². The van der Waals surface area contributed by atoms with Gasteiger partial charge >= 0.3 is 0 Å². The summed E-state index contributed by atoms with van der Waals surface area (Å²) in [6.07, 6.45) is 1.84. The molecule has 5 nitrogen and oxygen atoms in total. The molecule has 2 rings (SSSR count). The van der Waals surface area contributed by atoms with Crippen molar-refractivity contribution in [1.82, 2.24) is 20.4 Å². The minimum atomic E-state index is 0.682. The molecule has 1 heterocycles. The SMILES string of the molecule is C=CCNC(=NCc1ccc(CN2CCN(CC)CC2)cc1)NCC. The summed E-state index contributed by atoms with van der Waals surface area (Å²) in [7, 11) is 0. The van der Waals surface area contributed by atoms with Crippen LogP contribution in [-0.4, -0.2) is 61.6 Å². The van der Waals surface area contributed by atoms with Gasteiger partial charge in [0.2, 0.25) is 0 Å². The highest BCUT2D eigenvalue weighted by Crippen LogP contribution is 2.10. The van der Waals surface area contributed by atoms with Gasteiger partial charge in [0.05, 0.1) is 6.54 Å². The number of rotatable bonds is 8. The average Bonchev–Trinajstić information content (AvgIpc) is 2.66. The third-order valence-electron chi connectivity index (χ3n) is 4.52. The zero-order valence-corrected chi connectivity index (χ0v) is 15.8. The van der Waals surface area contributed by atoms with Crippen molar-refractivity contribution in [3.8, 4) is 0 Å². The molecule has 0 saturated carbocycles. The molecule has 138 valence electrons. The van der Waals surface area contributed by atoms with Crippen molar-refractivity contribution in [2.24, 2.45) is 4.99 Å². The number of nitrogens with zero attached hydrogens (tertiary/aromatic N) is 3. The maximum absolute atomic E-state index is 4.62. The van der Waals surface area contributed by atoms with E-state index in [9.17, 15) is 0 Å². The standard InChI is InChI=1S/C20H33N5/c1-4-11-22-20(21-5-2)23-16-18-7-9-19(10-8-18)17-25-14-12-24(6-3)13-15-25/h4,7-10H,1,5-6,11-17H2,2-3H3,(H2,21,22,23). The van der Waals surface area contributed by atoms with E-state index < -0.39 is 0 Å². The molecular formula is C20H33N5. The van der Waals surface area contributed by atoms with Crippen LogP contribution in [0, 0.1) is 0 Å². The Kier molecular flexibility index (Phi) is 8.49. The topological polar surface area (TPSA) is 42.9 Å². The summed E-state index contributed by atoms with van der Waals surface area (Å²) in [6, 6.07) is 8.86. The molecule has 0 bridgehead atoms. The average molecular weight is 344 g/mol. The normalized spacial score (nSPS) is 16.6. The molecule has 0 radical (unpaired) electrons. The van der Waals surface area contributed by atoms with E-state index in [-0.39, 0.29) is 0 Å². The van der Waals surface area contributed by atoms with Crippen LogP contribution in [0.25, 0.3) is 0 Å². The first kappa shape index (κ1) is 19.5. The van der Waals surface area contributed by atoms with E-state index in [1.807, 2.05) is 6.08 Å². The predicted octanol–water partition coefficient (Wildman–Crippen LogP) is 2.07. The summed E-state index contributed by atoms with van der Waals surface area (Å²) in [5.41, 5.74) is 2.62. The van der Waals surface area contributed by atoms with Gasteiger partial charge in [-0.15, -0.1) is 6.58 Å². The van der Waals surface area contributed by atoms with Crippen molar-refractivity contribution in [2.75, 3.05) is 45.8 Å². The molecule has 0 unspecified atom stereocenters. The molecule has 5 heteroatoms. The Morgan fingerprint density at radius 1 is 1.04 bits per heavy atom. The smallest absolute Gasteiger partial charge is 0.191 e. The molecule has 0 spiro atoms. The lowest BCUT2D eigenvalue weighted by Gasteiger charge is -2.34. The monoisotopic (exact) mass is 343 g/mol. The summed E-state index contributed by atoms with van der Waals surface area (Å²) < 4.78 is 0. The highest BCUT2D eigenvalue weighted by molar-refractivity contribution is 5.79. The Morgan fingerprint density at radius 3 is 2.28 bits per heavy atom. The molecule has 2 N–H and O–H groups in total. The highest BCUT2D eigenvalue weighted by atomic mass is 15.3. The number of nitrogens with one attached hydrogen (secondary N) is 2. The summed E-state index contributed by atoms with van der Waals surface area (Å²) in [5, 5.41) is 6.47. The zero-order valence-electron chi connectivity index (χ0n) is 15.8. The van der Waals surface area contributed by atoms with Crippen LogP contribution in [0.3, 0.4) is 0 Å². The molecule has 0 amide bonds. The lowest BCUT2D eigenvalue weighted by atomic mass is 10.1. The second kappa shape index (κ2) is 10.9. The fourth-order valence-corrected chi connectivity index (χ4v) is 2.95. The van der Waals surface area contributed by atoms with Crippen LogP contribution >= 0.6 is 0 Å². The molecule has 1 aliphatic rings. The van der Waals surface area contributed by atoms with Gasteiger partial charge < -0.3 is 15.5 Å². The Morgan fingerprint density at radius 2 is 1.68 bits per heavy atom. The molecule has 0 aromatic heterocycles. The van der Waals surface area contributed by atoms with E-state index in [1.165, 1.54) is 43.9 Å². The first-order valence-electron chi connectivity index (χ1n) is 9.40. The van der Waals surface area contributed by atoms with Crippen LogP contribution in [-0.2, 0) is 13.1 Å². The van der Waals surface area contributed by atoms with Gasteiger partial charge in [-0.05, 0) is 24.6 Å². The number of benzene rings is 1. The number of hydrogen-bond acceptors (Lipinski definition) is 3. The van der Waals surface area contributed by atoms with Gasteiger partial charge in [-0.1, -0.05) is 37.3 Å². The second-order valence-corrected chi connectivity index (χ2v) is 6.39. The molecule has 1 aromatic rings. The van der Waals surface area contributed by atoms with Gasteiger partial charge in [0.1, 0.15) is 0 Å². The van der Waals surface area contributed by atoms with E-state index in [0.29, 0.717) is 6.54 Å². The van der Waals surface area contributed by atoms with Crippen molar-refractivity contribution in [3.05, 3.63) is 48.0 Å². The van der Waals surface area contributed by atoms with Gasteiger partial charge in [-0.25, -0.2) is 4.99 Å². The van der Waals surface area contributed by atoms with Crippen LogP contribution in [0.2, 0.25) is 0 Å². The van der Waals surface area contributed by atoms with Gasteiger partial charge in [0.25, 0.3) is 0 Å². The van der Waals surface area contributed by atoms with Crippen molar-refractivity contribution in [3.63, 3.8) is 0 Å². The fraction of sp³-hybridized carbons (Fsp3) is 0.550. The van der Waals surface area contributed by atoms with E-state index >= 15 is 0 Å². The highest BCUT2D eigenvalue weighted by Gasteiger charge is 2.15. The van der Waals surface area contributed by atoms with Gasteiger partial charge in [0, 0.05) is 45.8 Å². The lowest BCUT2D eigenvalue weighted by Crippen LogP contribution is -2.45. The van der Waals surface area contributed by atoms with Crippen LogP contribution in [0.15, 0.2) is 41.9 Å². The Bertz CT molecular complexity index is 530. The quantitative estimate of drug-likeness (QED) is 0.431. The lowest BCUT2D eigenvalue weighted by molar-refractivity contribution is 0.132. The Balaban J connectivity index is 1.83. The van der Waals surface area contributed by atoms with E-state index in [4.69, 9.17) is 0 Å². The molecular weight excluding hydrogens is 310 g/mol. The predicted molar refractivity (Wildman–Crippen MR) is 107 cm³/mol. The van der Waals surface area contributed by atoms with Crippen LogP contribution in [0.4, 0.5) is 0 Å². The zero-order chi connectivity index (χ0) is 17.9. The van der Waals surface area contributed by atoms with Crippen LogP contribution < -0.4 is 10.6 Å². The van der Waals surface area contributed by atoms with Gasteiger partial charge in [-0.3, -0.25) is 4.90 Å². The number of piperazine rings is 1. The first-order chi connectivity index (χ1) is 12.2. The maximum Gasteiger partial charge on any atom is 0.191 e. The number of likely N-dealkylation sites (N-methyl/N-ethyl adjacent to an activating group) is 1.